The van der Waals surface area contributed by atoms with E-state index in [4.69, 9.17) is 9.47 Å². The average Bonchev–Trinajstić information content (AvgIpc) is 2.80. The summed E-state index contributed by atoms with van der Waals surface area (Å²) in [7, 11) is 0. The van der Waals surface area contributed by atoms with Crippen LogP contribution in [-0.4, -0.2) is 13.2 Å². The van der Waals surface area contributed by atoms with E-state index in [1.165, 1.54) is 12.1 Å². The van der Waals surface area contributed by atoms with Crippen molar-refractivity contribution in [3.8, 4) is 22.3 Å². The highest BCUT2D eigenvalue weighted by molar-refractivity contribution is 5.71. The van der Waals surface area contributed by atoms with Gasteiger partial charge in [-0.2, -0.15) is 0 Å². The molecule has 0 spiro atoms. The molecule has 0 aliphatic carbocycles. The third kappa shape index (κ3) is 4.30. The molecular formula is C26H24F4O2. The minimum Gasteiger partial charge on any atom is -0.348 e. The van der Waals surface area contributed by atoms with Gasteiger partial charge in [0.05, 0.1) is 13.2 Å². The van der Waals surface area contributed by atoms with Crippen LogP contribution in [0.5, 0.6) is 0 Å². The molecule has 1 heterocycles. The van der Waals surface area contributed by atoms with Crippen molar-refractivity contribution in [2.75, 3.05) is 13.2 Å². The maximum Gasteiger partial charge on any atom is 0.186 e. The average molecular weight is 444 g/mol. The Morgan fingerprint density at radius 1 is 0.719 bits per heavy atom. The van der Waals surface area contributed by atoms with Crippen molar-refractivity contribution in [1.82, 2.24) is 0 Å². The molecule has 1 saturated heterocycles. The van der Waals surface area contributed by atoms with Crippen LogP contribution in [0.3, 0.4) is 0 Å². The number of halogens is 4. The summed E-state index contributed by atoms with van der Waals surface area (Å²) in [5.74, 6) is -3.60. The molecule has 32 heavy (non-hydrogen) atoms. The van der Waals surface area contributed by atoms with Gasteiger partial charge < -0.3 is 9.47 Å². The smallest absolute Gasteiger partial charge is 0.186 e. The normalized spacial score (nSPS) is 18.7. The van der Waals surface area contributed by atoms with Gasteiger partial charge in [0.25, 0.3) is 0 Å². The van der Waals surface area contributed by atoms with Crippen LogP contribution >= 0.6 is 0 Å². The van der Waals surface area contributed by atoms with E-state index in [9.17, 15) is 17.6 Å². The monoisotopic (exact) mass is 444 g/mol. The maximum atomic E-state index is 14.8. The Balaban J connectivity index is 1.61. The second kappa shape index (κ2) is 9.43. The summed E-state index contributed by atoms with van der Waals surface area (Å²) in [4.78, 5) is 0. The van der Waals surface area contributed by atoms with Crippen LogP contribution in [-0.2, 0) is 15.9 Å². The Hall–Kier alpha value is -2.70. The molecule has 0 aromatic heterocycles. The second-order valence-electron chi connectivity index (χ2n) is 8.16. The first-order valence-electron chi connectivity index (χ1n) is 10.7. The molecule has 168 valence electrons. The fourth-order valence-corrected chi connectivity index (χ4v) is 3.85. The van der Waals surface area contributed by atoms with Crippen LogP contribution < -0.4 is 0 Å². The lowest BCUT2D eigenvalue weighted by molar-refractivity contribution is -0.203. The van der Waals surface area contributed by atoms with Crippen molar-refractivity contribution < 1.29 is 27.0 Å². The molecule has 6 heteroatoms. The second-order valence-corrected chi connectivity index (χ2v) is 8.16. The van der Waals surface area contributed by atoms with Gasteiger partial charge in [-0.25, -0.2) is 17.6 Å². The molecule has 0 bridgehead atoms. The van der Waals surface area contributed by atoms with Crippen LogP contribution in [0, 0.1) is 29.2 Å². The lowest BCUT2D eigenvalue weighted by Crippen LogP contribution is -2.25. The van der Waals surface area contributed by atoms with E-state index in [0.29, 0.717) is 42.7 Å². The van der Waals surface area contributed by atoms with E-state index in [1.807, 2.05) is 13.8 Å². The summed E-state index contributed by atoms with van der Waals surface area (Å²) in [6.45, 7) is 4.66. The quantitative estimate of drug-likeness (QED) is 0.387. The molecule has 4 rings (SSSR count). The molecule has 0 amide bonds. The van der Waals surface area contributed by atoms with Crippen LogP contribution in [0.25, 0.3) is 22.3 Å². The molecule has 0 saturated carbocycles. The van der Waals surface area contributed by atoms with Crippen molar-refractivity contribution in [2.24, 2.45) is 5.92 Å². The van der Waals surface area contributed by atoms with Gasteiger partial charge >= 0.3 is 0 Å². The maximum absolute atomic E-state index is 14.8. The molecule has 0 unspecified atom stereocenters. The minimum absolute atomic E-state index is 0.0134. The van der Waals surface area contributed by atoms with Crippen LogP contribution in [0.15, 0.2) is 48.5 Å². The van der Waals surface area contributed by atoms with Crippen molar-refractivity contribution in [2.45, 2.75) is 33.0 Å². The van der Waals surface area contributed by atoms with Gasteiger partial charge in [0.1, 0.15) is 0 Å². The summed E-state index contributed by atoms with van der Waals surface area (Å²) in [5, 5.41) is 0. The van der Waals surface area contributed by atoms with Gasteiger partial charge in [-0.15, -0.1) is 0 Å². The molecule has 1 aliphatic heterocycles. The molecular weight excluding hydrogens is 420 g/mol. The SMILES string of the molecule is CCCc1ccc(-c2ccc(-c3ccc(C4OCC(C)CO4)c(F)c3F)cc2)c(F)c1F. The summed E-state index contributed by atoms with van der Waals surface area (Å²) < 4.78 is 69.4. The van der Waals surface area contributed by atoms with Gasteiger partial charge in [-0.1, -0.05) is 68.8 Å². The molecule has 0 N–H and O–H groups in total. The number of hydrogen-bond acceptors (Lipinski definition) is 2. The molecule has 2 nitrogen and oxygen atoms in total. The van der Waals surface area contributed by atoms with E-state index in [-0.39, 0.29) is 22.6 Å². The first kappa shape index (κ1) is 22.5. The molecule has 0 radical (unpaired) electrons. The Morgan fingerprint density at radius 2 is 1.25 bits per heavy atom. The molecule has 1 fully saturated rings. The number of hydrogen-bond donors (Lipinski definition) is 0. The van der Waals surface area contributed by atoms with Gasteiger partial charge in [0.2, 0.25) is 0 Å². The first-order valence-corrected chi connectivity index (χ1v) is 10.7. The van der Waals surface area contributed by atoms with Crippen molar-refractivity contribution in [3.05, 3.63) is 82.9 Å². The highest BCUT2D eigenvalue weighted by atomic mass is 19.2. The van der Waals surface area contributed by atoms with E-state index in [2.05, 4.69) is 0 Å². The molecule has 3 aromatic rings. The number of aryl methyl sites for hydroxylation is 1. The van der Waals surface area contributed by atoms with E-state index >= 15 is 0 Å². The van der Waals surface area contributed by atoms with Gasteiger partial charge in [-0.05, 0) is 23.1 Å². The highest BCUT2D eigenvalue weighted by Gasteiger charge is 2.26. The molecule has 0 atom stereocenters. The van der Waals surface area contributed by atoms with E-state index < -0.39 is 29.6 Å². The Labute approximate surface area is 184 Å². The zero-order valence-corrected chi connectivity index (χ0v) is 17.9. The van der Waals surface area contributed by atoms with Gasteiger partial charge in [0, 0.05) is 22.6 Å². The topological polar surface area (TPSA) is 18.5 Å². The fraction of sp³-hybridized carbons (Fsp3) is 0.308. The molecule has 3 aromatic carbocycles. The Morgan fingerprint density at radius 3 is 1.81 bits per heavy atom. The lowest BCUT2D eigenvalue weighted by Gasteiger charge is -2.28. The highest BCUT2D eigenvalue weighted by Crippen LogP contribution is 2.34. The summed E-state index contributed by atoms with van der Waals surface area (Å²) in [5.41, 5.74) is 1.40. The predicted molar refractivity (Wildman–Crippen MR) is 115 cm³/mol. The van der Waals surface area contributed by atoms with Crippen molar-refractivity contribution in [3.63, 3.8) is 0 Å². The zero-order chi connectivity index (χ0) is 22.8. The third-order valence-corrected chi connectivity index (χ3v) is 5.62. The standard InChI is InChI=1S/C26H24F4O2/c1-3-4-18-9-10-19(23(28)22(18)27)16-5-7-17(8-6-16)20-11-12-21(25(30)24(20)29)26-31-13-15(2)14-32-26/h5-12,15,26H,3-4,13-14H2,1-2H3. The van der Waals surface area contributed by atoms with Crippen molar-refractivity contribution >= 4 is 0 Å². The number of benzene rings is 3. The Kier molecular flexibility index (Phi) is 6.63. The molecule has 1 aliphatic rings. The zero-order valence-electron chi connectivity index (χ0n) is 17.9. The van der Waals surface area contributed by atoms with Crippen molar-refractivity contribution in [1.29, 1.82) is 0 Å². The summed E-state index contributed by atoms with van der Waals surface area (Å²) >= 11 is 0. The minimum atomic E-state index is -1.02. The van der Waals surface area contributed by atoms with Gasteiger partial charge in [0.15, 0.2) is 29.6 Å². The first-order chi connectivity index (χ1) is 15.4. The van der Waals surface area contributed by atoms with Crippen LogP contribution in [0.2, 0.25) is 0 Å². The van der Waals surface area contributed by atoms with E-state index in [0.717, 1.165) is 0 Å². The number of rotatable bonds is 5. The predicted octanol–water partition coefficient (Wildman–Crippen LogP) is 7.21. The summed E-state index contributed by atoms with van der Waals surface area (Å²) in [6, 6.07) is 12.3. The van der Waals surface area contributed by atoms with Crippen LogP contribution in [0.4, 0.5) is 17.6 Å². The summed E-state index contributed by atoms with van der Waals surface area (Å²) in [6.07, 6.45) is 0.230. The van der Waals surface area contributed by atoms with E-state index in [1.54, 1.807) is 36.4 Å². The Bertz CT molecular complexity index is 1100. The lowest BCUT2D eigenvalue weighted by atomic mass is 9.97. The van der Waals surface area contributed by atoms with Crippen LogP contribution in [0.1, 0.15) is 37.7 Å². The van der Waals surface area contributed by atoms with Gasteiger partial charge in [-0.3, -0.25) is 0 Å². The number of ether oxygens (including phenoxy) is 2. The third-order valence-electron chi connectivity index (χ3n) is 5.62. The fourth-order valence-electron chi connectivity index (χ4n) is 3.85. The largest absolute Gasteiger partial charge is 0.348 e.